The van der Waals surface area contributed by atoms with Gasteiger partial charge in [0.1, 0.15) is 0 Å². The van der Waals surface area contributed by atoms with Crippen molar-refractivity contribution in [2.24, 2.45) is 4.99 Å². The normalized spacial score (nSPS) is 11.8. The Balaban J connectivity index is 1.80. The molecule has 0 aliphatic heterocycles. The first kappa shape index (κ1) is 21.6. The zero-order valence-corrected chi connectivity index (χ0v) is 17.3. The second kappa shape index (κ2) is 10.6. The minimum atomic E-state index is -3.26. The van der Waals surface area contributed by atoms with Crippen LogP contribution in [0.2, 0.25) is 0 Å². The molecule has 28 heavy (non-hydrogen) atoms. The molecule has 152 valence electrons. The van der Waals surface area contributed by atoms with Crippen molar-refractivity contribution >= 4 is 15.8 Å². The fourth-order valence-corrected chi connectivity index (χ4v) is 3.94. The molecule has 0 aliphatic rings. The highest BCUT2D eigenvalue weighted by Gasteiger charge is 2.13. The van der Waals surface area contributed by atoms with E-state index in [0.29, 0.717) is 41.9 Å². The van der Waals surface area contributed by atoms with Crippen LogP contribution < -0.4 is 20.1 Å². The van der Waals surface area contributed by atoms with Gasteiger partial charge in [-0.05, 0) is 36.2 Å². The standard InChI is InChI=1S/C20H27N3O4S/c1-21-20(23-15-16-10-11-18(26-2)19(14-16)27-3)22-12-7-13-28(24,25)17-8-5-4-6-9-17/h4-6,8-11,14H,7,12-13,15H2,1-3H3,(H2,21,22,23). The third kappa shape index (κ3) is 6.16. The summed E-state index contributed by atoms with van der Waals surface area (Å²) >= 11 is 0. The molecule has 0 fully saturated rings. The second-order valence-electron chi connectivity index (χ2n) is 6.03. The lowest BCUT2D eigenvalue weighted by Gasteiger charge is -2.13. The number of ether oxygens (including phenoxy) is 2. The van der Waals surface area contributed by atoms with Gasteiger partial charge < -0.3 is 20.1 Å². The van der Waals surface area contributed by atoms with Gasteiger partial charge in [-0.15, -0.1) is 0 Å². The summed E-state index contributed by atoms with van der Waals surface area (Å²) < 4.78 is 35.1. The van der Waals surface area contributed by atoms with Gasteiger partial charge in [-0.1, -0.05) is 24.3 Å². The Morgan fingerprint density at radius 1 is 1.00 bits per heavy atom. The molecule has 0 aliphatic carbocycles. The number of benzene rings is 2. The monoisotopic (exact) mass is 405 g/mol. The molecule has 2 aromatic rings. The Hall–Kier alpha value is -2.74. The molecule has 0 saturated carbocycles. The molecule has 0 bridgehead atoms. The van der Waals surface area contributed by atoms with Crippen molar-refractivity contribution in [1.29, 1.82) is 0 Å². The lowest BCUT2D eigenvalue weighted by atomic mass is 10.2. The van der Waals surface area contributed by atoms with E-state index < -0.39 is 9.84 Å². The van der Waals surface area contributed by atoms with Crippen molar-refractivity contribution in [2.45, 2.75) is 17.9 Å². The Bertz CT molecular complexity index is 884. The summed E-state index contributed by atoms with van der Waals surface area (Å²) in [5.41, 5.74) is 1.01. The number of hydrogen-bond acceptors (Lipinski definition) is 5. The summed E-state index contributed by atoms with van der Waals surface area (Å²) in [6.07, 6.45) is 0.480. The van der Waals surface area contributed by atoms with Crippen molar-refractivity contribution in [3.63, 3.8) is 0 Å². The van der Waals surface area contributed by atoms with Gasteiger partial charge in [-0.25, -0.2) is 8.42 Å². The van der Waals surface area contributed by atoms with Crippen LogP contribution in [0.15, 0.2) is 58.4 Å². The molecular formula is C20H27N3O4S. The van der Waals surface area contributed by atoms with E-state index in [2.05, 4.69) is 15.6 Å². The average molecular weight is 406 g/mol. The number of methoxy groups -OCH3 is 2. The predicted octanol–water partition coefficient (Wildman–Crippen LogP) is 2.23. The molecular weight excluding hydrogens is 378 g/mol. The van der Waals surface area contributed by atoms with Gasteiger partial charge in [0.05, 0.1) is 24.9 Å². The van der Waals surface area contributed by atoms with Crippen LogP contribution in [0.3, 0.4) is 0 Å². The van der Waals surface area contributed by atoms with Crippen molar-refractivity contribution in [1.82, 2.24) is 10.6 Å². The van der Waals surface area contributed by atoms with Crippen molar-refractivity contribution in [2.75, 3.05) is 33.6 Å². The molecule has 2 rings (SSSR count). The van der Waals surface area contributed by atoms with E-state index in [1.807, 2.05) is 18.2 Å². The number of rotatable bonds is 9. The van der Waals surface area contributed by atoms with Gasteiger partial charge in [0.15, 0.2) is 27.3 Å². The predicted molar refractivity (Wildman–Crippen MR) is 111 cm³/mol. The molecule has 2 aromatic carbocycles. The van der Waals surface area contributed by atoms with E-state index in [1.165, 1.54) is 0 Å². The van der Waals surface area contributed by atoms with Crippen LogP contribution in [0.4, 0.5) is 0 Å². The maximum atomic E-state index is 12.3. The van der Waals surface area contributed by atoms with E-state index in [1.54, 1.807) is 51.6 Å². The fraction of sp³-hybridized carbons (Fsp3) is 0.350. The first-order chi connectivity index (χ1) is 13.5. The average Bonchev–Trinajstić information content (AvgIpc) is 2.73. The molecule has 7 nitrogen and oxygen atoms in total. The van der Waals surface area contributed by atoms with Crippen molar-refractivity contribution in [3.05, 3.63) is 54.1 Å². The van der Waals surface area contributed by atoms with Crippen LogP contribution in [0.5, 0.6) is 11.5 Å². The smallest absolute Gasteiger partial charge is 0.191 e. The molecule has 0 amide bonds. The fourth-order valence-electron chi connectivity index (χ4n) is 2.61. The number of sulfone groups is 1. The molecule has 0 radical (unpaired) electrons. The van der Waals surface area contributed by atoms with Crippen LogP contribution in [0.25, 0.3) is 0 Å². The van der Waals surface area contributed by atoms with E-state index in [4.69, 9.17) is 9.47 Å². The van der Waals surface area contributed by atoms with Gasteiger partial charge in [-0.3, -0.25) is 4.99 Å². The summed E-state index contributed by atoms with van der Waals surface area (Å²) in [7, 11) is 1.60. The first-order valence-corrected chi connectivity index (χ1v) is 10.6. The minimum Gasteiger partial charge on any atom is -0.493 e. The molecule has 0 saturated heterocycles. The van der Waals surface area contributed by atoms with Crippen LogP contribution in [0.1, 0.15) is 12.0 Å². The highest BCUT2D eigenvalue weighted by molar-refractivity contribution is 7.91. The highest BCUT2D eigenvalue weighted by Crippen LogP contribution is 2.27. The largest absolute Gasteiger partial charge is 0.493 e. The molecule has 8 heteroatoms. The third-order valence-corrected chi connectivity index (χ3v) is 5.93. The lowest BCUT2D eigenvalue weighted by molar-refractivity contribution is 0.354. The first-order valence-electron chi connectivity index (χ1n) is 8.93. The molecule has 0 spiro atoms. The van der Waals surface area contributed by atoms with Crippen LogP contribution >= 0.6 is 0 Å². The summed E-state index contributed by atoms with van der Waals surface area (Å²) in [5, 5.41) is 6.33. The summed E-state index contributed by atoms with van der Waals surface area (Å²) in [6.45, 7) is 1.04. The number of nitrogens with one attached hydrogen (secondary N) is 2. The topological polar surface area (TPSA) is 89.0 Å². The van der Waals surface area contributed by atoms with E-state index in [-0.39, 0.29) is 5.75 Å². The maximum absolute atomic E-state index is 12.3. The molecule has 2 N–H and O–H groups in total. The Morgan fingerprint density at radius 2 is 1.71 bits per heavy atom. The van der Waals surface area contributed by atoms with Gasteiger partial charge in [0.2, 0.25) is 0 Å². The van der Waals surface area contributed by atoms with Crippen LogP contribution in [-0.2, 0) is 16.4 Å². The second-order valence-corrected chi connectivity index (χ2v) is 8.14. The maximum Gasteiger partial charge on any atom is 0.191 e. The molecule has 0 unspecified atom stereocenters. The summed E-state index contributed by atoms with van der Waals surface area (Å²) in [5.74, 6) is 2.02. The Kier molecular flexibility index (Phi) is 8.13. The van der Waals surface area contributed by atoms with Crippen LogP contribution in [0, 0.1) is 0 Å². The lowest BCUT2D eigenvalue weighted by Crippen LogP contribution is -2.37. The number of aliphatic imine (C=N–C) groups is 1. The SMILES string of the molecule is CN=C(NCCCS(=O)(=O)c1ccccc1)NCc1ccc(OC)c(OC)c1. The number of guanidine groups is 1. The molecule has 0 heterocycles. The summed E-state index contributed by atoms with van der Waals surface area (Å²) in [6, 6.07) is 14.2. The number of hydrogen-bond donors (Lipinski definition) is 2. The Labute approximate surface area is 166 Å². The van der Waals surface area contributed by atoms with Crippen LogP contribution in [-0.4, -0.2) is 47.9 Å². The van der Waals surface area contributed by atoms with Crippen molar-refractivity contribution < 1.29 is 17.9 Å². The molecule has 0 aromatic heterocycles. The summed E-state index contributed by atoms with van der Waals surface area (Å²) in [4.78, 5) is 4.51. The van der Waals surface area contributed by atoms with Gasteiger partial charge in [-0.2, -0.15) is 0 Å². The van der Waals surface area contributed by atoms with Gasteiger partial charge >= 0.3 is 0 Å². The van der Waals surface area contributed by atoms with Gasteiger partial charge in [0.25, 0.3) is 0 Å². The zero-order chi connectivity index (χ0) is 20.4. The quantitative estimate of drug-likeness (QED) is 0.378. The highest BCUT2D eigenvalue weighted by atomic mass is 32.2. The number of nitrogens with zero attached hydrogens (tertiary/aromatic N) is 1. The minimum absolute atomic E-state index is 0.0800. The third-order valence-electron chi connectivity index (χ3n) is 4.12. The molecule has 0 atom stereocenters. The van der Waals surface area contributed by atoms with E-state index in [9.17, 15) is 8.42 Å². The Morgan fingerprint density at radius 3 is 2.36 bits per heavy atom. The van der Waals surface area contributed by atoms with Crippen molar-refractivity contribution in [3.8, 4) is 11.5 Å². The van der Waals surface area contributed by atoms with E-state index in [0.717, 1.165) is 5.56 Å². The zero-order valence-electron chi connectivity index (χ0n) is 16.4. The van der Waals surface area contributed by atoms with E-state index >= 15 is 0 Å². The van der Waals surface area contributed by atoms with Gasteiger partial charge in [0, 0.05) is 20.1 Å².